The largest absolute Gasteiger partial charge is 0.343 e. The molecule has 1 aromatic rings. The van der Waals surface area contributed by atoms with E-state index in [0.29, 0.717) is 12.6 Å². The minimum atomic E-state index is 0.658. The van der Waals surface area contributed by atoms with E-state index in [1.165, 1.54) is 30.8 Å². The normalized spacial score (nSPS) is 16.1. The van der Waals surface area contributed by atoms with E-state index in [-0.39, 0.29) is 0 Å². The van der Waals surface area contributed by atoms with Crippen molar-refractivity contribution in [3.63, 3.8) is 0 Å². The molecular formula is C11H20N4S. The van der Waals surface area contributed by atoms with E-state index in [1.807, 2.05) is 0 Å². The molecule has 1 aliphatic rings. The highest BCUT2D eigenvalue weighted by molar-refractivity contribution is 7.09. The molecule has 4 nitrogen and oxygen atoms in total. The summed E-state index contributed by atoms with van der Waals surface area (Å²) in [7, 11) is 0. The molecule has 0 radical (unpaired) electrons. The molecule has 5 heteroatoms. The smallest absolute Gasteiger partial charge is 0.205 e. The van der Waals surface area contributed by atoms with E-state index in [4.69, 9.17) is 5.73 Å². The third kappa shape index (κ3) is 2.52. The van der Waals surface area contributed by atoms with Crippen LogP contribution in [-0.2, 0) is 6.42 Å². The highest BCUT2D eigenvalue weighted by Crippen LogP contribution is 2.30. The number of aromatic nitrogens is 2. The quantitative estimate of drug-likeness (QED) is 0.824. The zero-order chi connectivity index (χ0) is 11.4. The van der Waals surface area contributed by atoms with Gasteiger partial charge in [0.2, 0.25) is 5.13 Å². The Kier molecular flexibility index (Phi) is 4.12. The molecule has 0 bridgehead atoms. The van der Waals surface area contributed by atoms with E-state index in [1.54, 1.807) is 0 Å². The van der Waals surface area contributed by atoms with Gasteiger partial charge in [-0.3, -0.25) is 0 Å². The monoisotopic (exact) mass is 240 g/mol. The summed E-state index contributed by atoms with van der Waals surface area (Å²) in [5.41, 5.74) is 5.66. The van der Waals surface area contributed by atoms with Crippen molar-refractivity contribution >= 4 is 16.7 Å². The Morgan fingerprint density at radius 3 is 2.88 bits per heavy atom. The van der Waals surface area contributed by atoms with E-state index >= 15 is 0 Å². The van der Waals surface area contributed by atoms with Crippen LogP contribution in [0.25, 0.3) is 0 Å². The Bertz CT molecular complexity index is 322. The zero-order valence-electron chi connectivity index (χ0n) is 9.85. The van der Waals surface area contributed by atoms with Crippen molar-refractivity contribution in [2.24, 2.45) is 5.73 Å². The fourth-order valence-corrected chi connectivity index (χ4v) is 2.77. The van der Waals surface area contributed by atoms with Gasteiger partial charge in [-0.1, -0.05) is 6.92 Å². The van der Waals surface area contributed by atoms with Crippen LogP contribution in [-0.4, -0.2) is 28.5 Å². The molecular weight excluding hydrogens is 220 g/mol. The van der Waals surface area contributed by atoms with Crippen LogP contribution in [0, 0.1) is 0 Å². The Morgan fingerprint density at radius 2 is 2.31 bits per heavy atom. The van der Waals surface area contributed by atoms with Crippen molar-refractivity contribution in [3.8, 4) is 0 Å². The van der Waals surface area contributed by atoms with Crippen molar-refractivity contribution in [3.05, 3.63) is 5.82 Å². The van der Waals surface area contributed by atoms with Gasteiger partial charge in [-0.05, 0) is 25.7 Å². The standard InChI is InChI=1S/C11H20N4S/c1-2-4-10-13-11(16-14-10)15(8-7-12)9-5-3-6-9/h9H,2-8,12H2,1H3. The maximum absolute atomic E-state index is 5.66. The van der Waals surface area contributed by atoms with Crippen LogP contribution in [0.5, 0.6) is 0 Å². The number of hydrogen-bond acceptors (Lipinski definition) is 5. The lowest BCUT2D eigenvalue weighted by Crippen LogP contribution is -2.43. The fourth-order valence-electron chi connectivity index (χ4n) is 1.96. The van der Waals surface area contributed by atoms with Crippen LogP contribution in [0.3, 0.4) is 0 Å². The molecule has 1 aliphatic carbocycles. The Morgan fingerprint density at radius 1 is 1.50 bits per heavy atom. The molecule has 0 aromatic carbocycles. The van der Waals surface area contributed by atoms with E-state index < -0.39 is 0 Å². The number of nitrogens with two attached hydrogens (primary N) is 1. The van der Waals surface area contributed by atoms with Crippen molar-refractivity contribution < 1.29 is 0 Å². The van der Waals surface area contributed by atoms with E-state index in [9.17, 15) is 0 Å². The molecule has 1 fully saturated rings. The highest BCUT2D eigenvalue weighted by Gasteiger charge is 2.26. The third-order valence-corrected chi connectivity index (χ3v) is 3.85. The lowest BCUT2D eigenvalue weighted by molar-refractivity contribution is 0.387. The summed E-state index contributed by atoms with van der Waals surface area (Å²) < 4.78 is 4.40. The summed E-state index contributed by atoms with van der Waals surface area (Å²) in [4.78, 5) is 6.95. The minimum Gasteiger partial charge on any atom is -0.343 e. The molecule has 16 heavy (non-hydrogen) atoms. The molecule has 1 saturated carbocycles. The zero-order valence-corrected chi connectivity index (χ0v) is 10.7. The van der Waals surface area contributed by atoms with Crippen LogP contribution in [0.4, 0.5) is 5.13 Å². The average Bonchev–Trinajstić information content (AvgIpc) is 2.63. The van der Waals surface area contributed by atoms with Gasteiger partial charge in [0, 0.05) is 37.1 Å². The lowest BCUT2D eigenvalue weighted by Gasteiger charge is -2.36. The van der Waals surface area contributed by atoms with Gasteiger partial charge in [0.15, 0.2) is 0 Å². The predicted molar refractivity (Wildman–Crippen MR) is 67.9 cm³/mol. The number of nitrogens with zero attached hydrogens (tertiary/aromatic N) is 3. The summed E-state index contributed by atoms with van der Waals surface area (Å²) in [6, 6.07) is 0.658. The molecule has 0 atom stereocenters. The highest BCUT2D eigenvalue weighted by atomic mass is 32.1. The van der Waals surface area contributed by atoms with Gasteiger partial charge < -0.3 is 10.6 Å². The van der Waals surface area contributed by atoms with Gasteiger partial charge in [-0.15, -0.1) is 0 Å². The summed E-state index contributed by atoms with van der Waals surface area (Å²) in [5, 5.41) is 1.07. The Balaban J connectivity index is 2.04. The van der Waals surface area contributed by atoms with Crippen LogP contribution >= 0.6 is 11.5 Å². The van der Waals surface area contributed by atoms with Crippen molar-refractivity contribution in [2.45, 2.75) is 45.1 Å². The van der Waals surface area contributed by atoms with Crippen LogP contribution in [0.15, 0.2) is 0 Å². The number of rotatable bonds is 6. The number of anilines is 1. The Hall–Kier alpha value is -0.680. The fraction of sp³-hybridized carbons (Fsp3) is 0.818. The number of hydrogen-bond donors (Lipinski definition) is 1. The van der Waals surface area contributed by atoms with Crippen molar-refractivity contribution in [1.29, 1.82) is 0 Å². The maximum atomic E-state index is 5.66. The minimum absolute atomic E-state index is 0.658. The molecule has 1 heterocycles. The van der Waals surface area contributed by atoms with Crippen LogP contribution < -0.4 is 10.6 Å². The molecule has 0 aliphatic heterocycles. The SMILES string of the molecule is CCCc1nsc(N(CCN)C2CCC2)n1. The average molecular weight is 240 g/mol. The third-order valence-electron chi connectivity index (χ3n) is 3.06. The molecule has 0 spiro atoms. The van der Waals surface area contributed by atoms with Gasteiger partial charge in [0.05, 0.1) is 0 Å². The molecule has 0 saturated heterocycles. The molecule has 2 N–H and O–H groups in total. The van der Waals surface area contributed by atoms with Gasteiger partial charge in [0.1, 0.15) is 5.82 Å². The van der Waals surface area contributed by atoms with E-state index in [2.05, 4.69) is 21.2 Å². The molecule has 1 aromatic heterocycles. The first-order chi connectivity index (χ1) is 7.85. The molecule has 90 valence electrons. The first-order valence-corrected chi connectivity index (χ1v) is 6.91. The van der Waals surface area contributed by atoms with Gasteiger partial charge in [0.25, 0.3) is 0 Å². The second kappa shape index (κ2) is 5.59. The summed E-state index contributed by atoms with van der Waals surface area (Å²) >= 11 is 1.52. The van der Waals surface area contributed by atoms with Crippen molar-refractivity contribution in [2.75, 3.05) is 18.0 Å². The van der Waals surface area contributed by atoms with Crippen LogP contribution in [0.1, 0.15) is 38.4 Å². The van der Waals surface area contributed by atoms with Gasteiger partial charge in [-0.2, -0.15) is 4.37 Å². The lowest BCUT2D eigenvalue weighted by atomic mass is 9.92. The first kappa shape index (κ1) is 11.8. The summed E-state index contributed by atoms with van der Waals surface area (Å²) in [6.45, 7) is 3.76. The topological polar surface area (TPSA) is 55.0 Å². The molecule has 2 rings (SSSR count). The number of aryl methyl sites for hydroxylation is 1. The van der Waals surface area contributed by atoms with Crippen molar-refractivity contribution in [1.82, 2.24) is 9.36 Å². The second-order valence-corrected chi connectivity index (χ2v) is 5.04. The Labute approximate surface area is 101 Å². The van der Waals surface area contributed by atoms with Gasteiger partial charge in [-0.25, -0.2) is 4.98 Å². The molecule has 0 unspecified atom stereocenters. The van der Waals surface area contributed by atoms with Gasteiger partial charge >= 0.3 is 0 Å². The van der Waals surface area contributed by atoms with E-state index in [0.717, 1.165) is 30.3 Å². The molecule has 0 amide bonds. The first-order valence-electron chi connectivity index (χ1n) is 6.14. The maximum Gasteiger partial charge on any atom is 0.205 e. The summed E-state index contributed by atoms with van der Waals surface area (Å²) in [5.74, 6) is 0.990. The van der Waals surface area contributed by atoms with Crippen LogP contribution in [0.2, 0.25) is 0 Å². The summed E-state index contributed by atoms with van der Waals surface area (Å²) in [6.07, 6.45) is 5.99. The second-order valence-electron chi connectivity index (χ2n) is 4.31. The predicted octanol–water partition coefficient (Wildman–Crippen LogP) is 1.81.